The Morgan fingerprint density at radius 1 is 1.32 bits per heavy atom. The number of fused-ring (bicyclic) bond motifs is 1. The minimum Gasteiger partial charge on any atom is -0.353 e. The van der Waals surface area contributed by atoms with E-state index in [1.54, 1.807) is 10.9 Å². The van der Waals surface area contributed by atoms with Crippen molar-refractivity contribution < 1.29 is 18.4 Å². The molecule has 3 aliphatic rings. The molecule has 2 saturated carbocycles. The smallest absolute Gasteiger partial charge is 0.252 e. The topological polar surface area (TPSA) is 67.2 Å². The molecule has 0 unspecified atom stereocenters. The van der Waals surface area contributed by atoms with Crippen LogP contribution in [-0.4, -0.2) is 45.0 Å². The highest BCUT2D eigenvalue weighted by Gasteiger charge is 2.46. The Morgan fingerprint density at radius 2 is 2.08 bits per heavy atom. The summed E-state index contributed by atoms with van der Waals surface area (Å²) in [5.41, 5.74) is 0.909. The van der Waals surface area contributed by atoms with Gasteiger partial charge in [0.2, 0.25) is 11.8 Å². The summed E-state index contributed by atoms with van der Waals surface area (Å²) in [7, 11) is 0. The van der Waals surface area contributed by atoms with Gasteiger partial charge in [0.15, 0.2) is 0 Å². The van der Waals surface area contributed by atoms with E-state index in [4.69, 9.17) is 0 Å². The average molecular weight is 352 g/mol. The Balaban J connectivity index is 1.39. The highest BCUT2D eigenvalue weighted by atomic mass is 19.3. The third-order valence-corrected chi connectivity index (χ3v) is 5.52. The van der Waals surface area contributed by atoms with Crippen LogP contribution in [0.2, 0.25) is 0 Å². The fourth-order valence-electron chi connectivity index (χ4n) is 3.88. The molecule has 2 fully saturated rings. The van der Waals surface area contributed by atoms with Crippen LogP contribution in [0.25, 0.3) is 0 Å². The Kier molecular flexibility index (Phi) is 4.00. The van der Waals surface area contributed by atoms with Gasteiger partial charge < -0.3 is 10.2 Å². The van der Waals surface area contributed by atoms with Crippen LogP contribution >= 0.6 is 0 Å². The van der Waals surface area contributed by atoms with Crippen LogP contribution in [0.3, 0.4) is 0 Å². The number of nitrogens with zero attached hydrogens (tertiary/aromatic N) is 3. The highest BCUT2D eigenvalue weighted by molar-refractivity contribution is 5.80. The molecule has 0 aromatic carbocycles. The molecular weight excluding hydrogens is 330 g/mol. The number of carbonyl (C=O) groups is 2. The Morgan fingerprint density at radius 3 is 2.72 bits per heavy atom. The number of rotatable bonds is 4. The van der Waals surface area contributed by atoms with E-state index >= 15 is 0 Å². The average Bonchev–Trinajstić information content (AvgIpc) is 2.91. The maximum absolute atomic E-state index is 12.9. The van der Waals surface area contributed by atoms with Gasteiger partial charge in [-0.25, -0.2) is 8.78 Å². The first-order valence-corrected chi connectivity index (χ1v) is 8.90. The van der Waals surface area contributed by atoms with Crippen LogP contribution in [0.5, 0.6) is 0 Å². The van der Waals surface area contributed by atoms with E-state index in [2.05, 4.69) is 10.4 Å². The van der Waals surface area contributed by atoms with Gasteiger partial charge in [-0.3, -0.25) is 14.3 Å². The van der Waals surface area contributed by atoms with Gasteiger partial charge in [0.1, 0.15) is 0 Å². The van der Waals surface area contributed by atoms with Gasteiger partial charge in [0, 0.05) is 37.5 Å². The van der Waals surface area contributed by atoms with E-state index in [9.17, 15) is 18.4 Å². The van der Waals surface area contributed by atoms with Crippen molar-refractivity contribution in [3.8, 4) is 0 Å². The molecule has 6 nitrogen and oxygen atoms in total. The monoisotopic (exact) mass is 352 g/mol. The van der Waals surface area contributed by atoms with E-state index < -0.39 is 12.0 Å². The van der Waals surface area contributed by atoms with Crippen molar-refractivity contribution in [3.05, 3.63) is 18.0 Å². The molecule has 0 spiro atoms. The summed E-state index contributed by atoms with van der Waals surface area (Å²) in [4.78, 5) is 26.6. The number of aromatic nitrogens is 2. The molecule has 2 aliphatic carbocycles. The fraction of sp³-hybridized carbons (Fsp3) is 0.706. The molecule has 1 aliphatic heterocycles. The van der Waals surface area contributed by atoms with Gasteiger partial charge in [0.25, 0.3) is 5.92 Å². The maximum Gasteiger partial charge on any atom is 0.252 e. The summed E-state index contributed by atoms with van der Waals surface area (Å²) in [6, 6.07) is 1.16. The molecule has 1 atom stereocenters. The van der Waals surface area contributed by atoms with Crippen LogP contribution in [0.15, 0.2) is 12.3 Å². The normalized spacial score (nSPS) is 25.7. The number of halogens is 2. The van der Waals surface area contributed by atoms with Gasteiger partial charge in [-0.1, -0.05) is 6.42 Å². The minimum absolute atomic E-state index is 0.112. The number of hydrogen-bond donors (Lipinski definition) is 1. The molecule has 0 radical (unpaired) electrons. The molecule has 1 aromatic rings. The van der Waals surface area contributed by atoms with Gasteiger partial charge in [0.05, 0.1) is 24.7 Å². The first kappa shape index (κ1) is 16.5. The van der Waals surface area contributed by atoms with Gasteiger partial charge in [-0.2, -0.15) is 5.10 Å². The molecule has 2 amide bonds. The van der Waals surface area contributed by atoms with Crippen molar-refractivity contribution in [2.45, 2.75) is 63.1 Å². The van der Waals surface area contributed by atoms with E-state index in [-0.39, 0.29) is 43.0 Å². The molecule has 0 bridgehead atoms. The van der Waals surface area contributed by atoms with Crippen LogP contribution in [0, 0.1) is 5.92 Å². The van der Waals surface area contributed by atoms with Crippen LogP contribution in [0.1, 0.15) is 50.3 Å². The first-order valence-electron chi connectivity index (χ1n) is 8.90. The van der Waals surface area contributed by atoms with Crippen molar-refractivity contribution in [1.82, 2.24) is 20.0 Å². The molecule has 4 rings (SSSR count). The van der Waals surface area contributed by atoms with Crippen LogP contribution < -0.4 is 5.32 Å². The molecule has 8 heteroatoms. The van der Waals surface area contributed by atoms with Crippen molar-refractivity contribution in [2.75, 3.05) is 6.54 Å². The van der Waals surface area contributed by atoms with Gasteiger partial charge in [-0.15, -0.1) is 0 Å². The van der Waals surface area contributed by atoms with Gasteiger partial charge >= 0.3 is 0 Å². The second-order valence-corrected chi connectivity index (χ2v) is 7.50. The minimum atomic E-state index is -2.65. The zero-order valence-electron chi connectivity index (χ0n) is 14.0. The summed E-state index contributed by atoms with van der Waals surface area (Å²) < 4.78 is 27.6. The Bertz CT molecular complexity index is 678. The molecular formula is C17H22F2N4O2. The summed E-state index contributed by atoms with van der Waals surface area (Å²) in [6.45, 7) is 0.959. The van der Waals surface area contributed by atoms with Crippen molar-refractivity contribution >= 4 is 11.8 Å². The van der Waals surface area contributed by atoms with E-state index in [1.165, 1.54) is 0 Å². The predicted molar refractivity (Wildman–Crippen MR) is 84.8 cm³/mol. The zero-order chi connectivity index (χ0) is 17.6. The lowest BCUT2D eigenvalue weighted by Gasteiger charge is -2.38. The molecule has 2 heterocycles. The molecule has 1 N–H and O–H groups in total. The lowest BCUT2D eigenvalue weighted by Crippen LogP contribution is -2.51. The molecule has 0 saturated heterocycles. The SMILES string of the molecule is O=C(C[C@@H]1CN(C(=O)C2CCC2)Cc2ccnn21)NC1CC(F)(F)C1. The summed E-state index contributed by atoms with van der Waals surface area (Å²) in [5.74, 6) is -2.64. The Hall–Kier alpha value is -1.99. The van der Waals surface area contributed by atoms with E-state index in [0.717, 1.165) is 25.0 Å². The standard InChI is InChI=1S/C17H22F2N4O2/c18-17(19)7-12(8-17)21-15(24)6-14-10-22(16(25)11-2-1-3-11)9-13-4-5-20-23(13)14/h4-5,11-12,14H,1-3,6-10H2,(H,21,24)/t14-/m1/s1. The third kappa shape index (κ3) is 3.26. The number of nitrogens with one attached hydrogen (secondary N) is 1. The second kappa shape index (κ2) is 6.07. The largest absolute Gasteiger partial charge is 0.353 e. The summed E-state index contributed by atoms with van der Waals surface area (Å²) in [5, 5.41) is 6.95. The fourth-order valence-corrected chi connectivity index (χ4v) is 3.88. The van der Waals surface area contributed by atoms with E-state index in [0.29, 0.717) is 13.1 Å². The van der Waals surface area contributed by atoms with Crippen LogP contribution in [-0.2, 0) is 16.1 Å². The molecule has 136 valence electrons. The van der Waals surface area contributed by atoms with Crippen molar-refractivity contribution in [2.24, 2.45) is 5.92 Å². The van der Waals surface area contributed by atoms with Gasteiger partial charge in [-0.05, 0) is 18.9 Å². The second-order valence-electron chi connectivity index (χ2n) is 7.50. The Labute approximate surface area is 144 Å². The quantitative estimate of drug-likeness (QED) is 0.900. The summed E-state index contributed by atoms with van der Waals surface area (Å²) >= 11 is 0. The number of carbonyl (C=O) groups excluding carboxylic acids is 2. The lowest BCUT2D eigenvalue weighted by molar-refractivity contribution is -0.141. The zero-order valence-corrected chi connectivity index (χ0v) is 14.0. The third-order valence-electron chi connectivity index (χ3n) is 5.52. The lowest BCUT2D eigenvalue weighted by atomic mass is 9.84. The van der Waals surface area contributed by atoms with Crippen LogP contribution in [0.4, 0.5) is 8.78 Å². The number of alkyl halides is 2. The predicted octanol–water partition coefficient (Wildman–Crippen LogP) is 1.87. The molecule has 1 aromatic heterocycles. The van der Waals surface area contributed by atoms with Crippen molar-refractivity contribution in [1.29, 1.82) is 0 Å². The summed E-state index contributed by atoms with van der Waals surface area (Å²) in [6.07, 6.45) is 4.21. The van der Waals surface area contributed by atoms with Crippen molar-refractivity contribution in [3.63, 3.8) is 0 Å². The van der Waals surface area contributed by atoms with E-state index in [1.807, 2.05) is 11.0 Å². The first-order chi connectivity index (χ1) is 11.9. The highest BCUT2D eigenvalue weighted by Crippen LogP contribution is 2.37. The number of amides is 2. The number of hydrogen-bond acceptors (Lipinski definition) is 3. The molecule has 25 heavy (non-hydrogen) atoms. The maximum atomic E-state index is 12.9.